The first-order valence-electron chi connectivity index (χ1n) is 9.14. The summed E-state index contributed by atoms with van der Waals surface area (Å²) in [7, 11) is -2.88. The molecule has 7 nitrogen and oxygen atoms in total. The van der Waals surface area contributed by atoms with Gasteiger partial charge >= 0.3 is 6.61 Å². The normalized spacial score (nSPS) is 14.7. The number of hydrogen-bond donors (Lipinski definition) is 1. The number of benzene rings is 2. The summed E-state index contributed by atoms with van der Waals surface area (Å²) in [5.41, 5.74) is 1.69. The Hall–Kier alpha value is -2.30. The molecular formula is C19H22ClF2N3O4S. The van der Waals surface area contributed by atoms with Crippen LogP contribution < -0.4 is 23.5 Å². The Labute approximate surface area is 179 Å². The van der Waals surface area contributed by atoms with Gasteiger partial charge in [0.05, 0.1) is 17.7 Å². The number of aryl methyl sites for hydroxylation is 1. The molecule has 30 heavy (non-hydrogen) atoms. The quantitative estimate of drug-likeness (QED) is 0.637. The second kappa shape index (κ2) is 9.23. The van der Waals surface area contributed by atoms with Crippen LogP contribution in [-0.2, 0) is 10.0 Å². The Morgan fingerprint density at radius 3 is 2.47 bits per heavy atom. The molecule has 0 unspecified atom stereocenters. The molecule has 0 saturated carbocycles. The van der Waals surface area contributed by atoms with Crippen molar-refractivity contribution in [1.29, 1.82) is 0 Å². The van der Waals surface area contributed by atoms with E-state index in [2.05, 4.69) is 15.0 Å². The van der Waals surface area contributed by atoms with Crippen molar-refractivity contribution in [3.63, 3.8) is 0 Å². The second-order valence-electron chi connectivity index (χ2n) is 6.62. The molecular weight excluding hydrogens is 440 g/mol. The molecule has 164 valence electrons. The maximum atomic E-state index is 13.1. The average molecular weight is 462 g/mol. The van der Waals surface area contributed by atoms with Crippen LogP contribution in [0.4, 0.5) is 20.2 Å². The molecule has 1 saturated heterocycles. The molecule has 0 bridgehead atoms. The largest absolute Gasteiger partial charge is 0.493 e. The highest BCUT2D eigenvalue weighted by atomic mass is 35.5. The first-order chi connectivity index (χ1) is 14.2. The lowest BCUT2D eigenvalue weighted by Crippen LogP contribution is -2.43. The van der Waals surface area contributed by atoms with Gasteiger partial charge in [-0.2, -0.15) is 21.0 Å². The van der Waals surface area contributed by atoms with Gasteiger partial charge in [-0.3, -0.25) is 0 Å². The van der Waals surface area contributed by atoms with E-state index >= 15 is 0 Å². The average Bonchev–Trinajstić information content (AvgIpc) is 2.73. The van der Waals surface area contributed by atoms with Gasteiger partial charge in [-0.25, -0.2) is 0 Å². The minimum absolute atomic E-state index is 0.0104. The first kappa shape index (κ1) is 22.4. The van der Waals surface area contributed by atoms with E-state index in [9.17, 15) is 17.2 Å². The fraction of sp³-hybridized carbons (Fsp3) is 0.368. The van der Waals surface area contributed by atoms with Gasteiger partial charge in [0.15, 0.2) is 11.5 Å². The van der Waals surface area contributed by atoms with Crippen molar-refractivity contribution in [2.24, 2.45) is 0 Å². The number of nitrogens with zero attached hydrogens (tertiary/aromatic N) is 2. The number of rotatable bonds is 7. The molecule has 1 heterocycles. The summed E-state index contributed by atoms with van der Waals surface area (Å²) in [6.45, 7) is 1.91. The summed E-state index contributed by atoms with van der Waals surface area (Å²) in [5, 5.41) is 3.25. The van der Waals surface area contributed by atoms with Gasteiger partial charge in [-0.05, 0) is 36.8 Å². The van der Waals surface area contributed by atoms with Crippen molar-refractivity contribution < 1.29 is 26.7 Å². The molecule has 1 N–H and O–H groups in total. The van der Waals surface area contributed by atoms with Gasteiger partial charge in [0, 0.05) is 49.7 Å². The number of anilines is 2. The number of nitrogens with one attached hydrogen (secondary N) is 1. The number of alkyl halides is 2. The number of sulfonamides is 1. The lowest BCUT2D eigenvalue weighted by molar-refractivity contribution is -0.0511. The van der Waals surface area contributed by atoms with Crippen LogP contribution in [0.2, 0.25) is 0 Å². The zero-order chi connectivity index (χ0) is 21.9. The highest BCUT2D eigenvalue weighted by Gasteiger charge is 2.27. The lowest BCUT2D eigenvalue weighted by Gasteiger charge is -2.31. The molecule has 0 radical (unpaired) electrons. The van der Waals surface area contributed by atoms with Crippen molar-refractivity contribution in [1.82, 2.24) is 5.32 Å². The predicted octanol–water partition coefficient (Wildman–Crippen LogP) is 3.36. The maximum Gasteiger partial charge on any atom is 0.387 e. The zero-order valence-electron chi connectivity index (χ0n) is 16.4. The first-order valence-corrected chi connectivity index (χ1v) is 10.9. The van der Waals surface area contributed by atoms with Crippen molar-refractivity contribution >= 4 is 33.2 Å². The van der Waals surface area contributed by atoms with E-state index in [4.69, 9.17) is 16.5 Å². The topological polar surface area (TPSA) is 71.1 Å². The summed E-state index contributed by atoms with van der Waals surface area (Å²) in [6.07, 6.45) is 0. The number of hydrogen-bond acceptors (Lipinski definition) is 6. The van der Waals surface area contributed by atoms with Gasteiger partial charge in [0.2, 0.25) is 0 Å². The number of piperazine rings is 1. The maximum absolute atomic E-state index is 13.1. The van der Waals surface area contributed by atoms with E-state index in [1.165, 1.54) is 25.3 Å². The molecule has 2 aromatic carbocycles. The fourth-order valence-corrected chi connectivity index (χ4v) is 4.61. The van der Waals surface area contributed by atoms with Gasteiger partial charge < -0.3 is 19.7 Å². The van der Waals surface area contributed by atoms with Crippen molar-refractivity contribution in [2.75, 3.05) is 42.0 Å². The van der Waals surface area contributed by atoms with Gasteiger partial charge in [0.1, 0.15) is 0 Å². The summed E-state index contributed by atoms with van der Waals surface area (Å²) in [5.74, 6) is -0.297. The van der Waals surface area contributed by atoms with Gasteiger partial charge in [-0.1, -0.05) is 6.07 Å². The van der Waals surface area contributed by atoms with Crippen LogP contribution in [0, 0.1) is 6.92 Å². The minimum atomic E-state index is -4.16. The van der Waals surface area contributed by atoms with Crippen molar-refractivity contribution in [3.8, 4) is 11.5 Å². The standard InChI is InChI=1S/C19H22ClF2N3O4S/c1-13-3-5-15(12-16(13)24-9-7-23-8-10-24)30(26,27)25(20)14-4-6-17(28-2)18(11-14)29-19(21)22/h3-6,11-12,19,23H,7-10H2,1-2H3. The second-order valence-corrected chi connectivity index (χ2v) is 8.94. The Balaban J connectivity index is 1.95. The van der Waals surface area contributed by atoms with Crippen molar-refractivity contribution in [2.45, 2.75) is 18.4 Å². The summed E-state index contributed by atoms with van der Waals surface area (Å²) in [4.78, 5) is 2.09. The van der Waals surface area contributed by atoms with Crippen LogP contribution in [0.3, 0.4) is 0 Å². The van der Waals surface area contributed by atoms with Crippen LogP contribution in [0.5, 0.6) is 11.5 Å². The van der Waals surface area contributed by atoms with Crippen LogP contribution in [-0.4, -0.2) is 48.3 Å². The lowest BCUT2D eigenvalue weighted by atomic mass is 10.1. The number of halogens is 3. The minimum Gasteiger partial charge on any atom is -0.493 e. The smallest absolute Gasteiger partial charge is 0.387 e. The molecule has 1 aliphatic rings. The Kier molecular flexibility index (Phi) is 6.89. The molecule has 0 amide bonds. The highest BCUT2D eigenvalue weighted by Crippen LogP contribution is 2.36. The Morgan fingerprint density at radius 2 is 1.83 bits per heavy atom. The SMILES string of the molecule is COc1ccc(N(Cl)S(=O)(=O)c2ccc(C)c(N3CCNCC3)c2)cc1OC(F)F. The summed E-state index contributed by atoms with van der Waals surface area (Å²) in [6, 6.07) is 8.49. The molecule has 11 heteroatoms. The Bertz CT molecular complexity index is 1000. The third-order valence-electron chi connectivity index (χ3n) is 4.71. The van der Waals surface area contributed by atoms with E-state index < -0.39 is 16.6 Å². The number of methoxy groups -OCH3 is 1. The van der Waals surface area contributed by atoms with E-state index in [0.717, 1.165) is 43.5 Å². The van der Waals surface area contributed by atoms with Gasteiger partial charge in [-0.15, -0.1) is 0 Å². The predicted molar refractivity (Wildman–Crippen MR) is 111 cm³/mol. The molecule has 0 spiro atoms. The van der Waals surface area contributed by atoms with E-state index in [1.54, 1.807) is 12.1 Å². The summed E-state index contributed by atoms with van der Waals surface area (Å²) < 4.78 is 61.5. The van der Waals surface area contributed by atoms with Crippen LogP contribution in [0.1, 0.15) is 5.56 Å². The summed E-state index contributed by atoms with van der Waals surface area (Å²) >= 11 is 6.15. The molecule has 3 rings (SSSR count). The fourth-order valence-electron chi connectivity index (χ4n) is 3.19. The van der Waals surface area contributed by atoms with E-state index in [-0.39, 0.29) is 22.1 Å². The molecule has 1 fully saturated rings. The highest BCUT2D eigenvalue weighted by molar-refractivity contribution is 7.94. The van der Waals surface area contributed by atoms with Gasteiger partial charge in [0.25, 0.3) is 10.0 Å². The van der Waals surface area contributed by atoms with Crippen LogP contribution in [0.15, 0.2) is 41.3 Å². The molecule has 0 aromatic heterocycles. The Morgan fingerprint density at radius 1 is 1.13 bits per heavy atom. The zero-order valence-corrected chi connectivity index (χ0v) is 18.0. The van der Waals surface area contributed by atoms with Crippen LogP contribution in [0.25, 0.3) is 0 Å². The van der Waals surface area contributed by atoms with Crippen LogP contribution >= 0.6 is 11.8 Å². The molecule has 2 aromatic rings. The monoisotopic (exact) mass is 461 g/mol. The third kappa shape index (κ3) is 4.71. The number of ether oxygens (including phenoxy) is 2. The van der Waals surface area contributed by atoms with E-state index in [1.807, 2.05) is 6.92 Å². The van der Waals surface area contributed by atoms with E-state index in [0.29, 0.717) is 3.82 Å². The third-order valence-corrected chi connectivity index (χ3v) is 6.94. The molecule has 0 aliphatic carbocycles. The molecule has 0 atom stereocenters. The molecule has 1 aliphatic heterocycles. The van der Waals surface area contributed by atoms with Crippen molar-refractivity contribution in [3.05, 3.63) is 42.0 Å².